The molecular formula is C30H23F4NO13S3. The zero-order valence-corrected chi connectivity index (χ0v) is 28.0. The smallest absolute Gasteiger partial charge is 0.425 e. The van der Waals surface area contributed by atoms with Gasteiger partial charge >= 0.3 is 21.2 Å². The number of amides is 1. The Balaban J connectivity index is 0.000000662. The molecule has 0 saturated carbocycles. The van der Waals surface area contributed by atoms with Crippen molar-refractivity contribution in [1.29, 1.82) is 0 Å². The van der Waals surface area contributed by atoms with Gasteiger partial charge in [-0.05, 0) is 53.1 Å². The summed E-state index contributed by atoms with van der Waals surface area (Å²) >= 11 is 0. The summed E-state index contributed by atoms with van der Waals surface area (Å²) in [6.07, 6.45) is 0.957. The first-order chi connectivity index (χ1) is 24.0. The van der Waals surface area contributed by atoms with Gasteiger partial charge in [0, 0.05) is 35.3 Å². The molecule has 0 radical (unpaired) electrons. The molecule has 272 valence electrons. The Kier molecular flexibility index (Phi) is 12.5. The summed E-state index contributed by atoms with van der Waals surface area (Å²) in [5.74, 6) is -7.90. The van der Waals surface area contributed by atoms with Crippen LogP contribution in [0.3, 0.4) is 0 Å². The number of carbonyl (C=O) groups is 1. The highest BCUT2D eigenvalue weighted by Crippen LogP contribution is 2.40. The number of rotatable bonds is 8. The molecule has 1 saturated heterocycles. The van der Waals surface area contributed by atoms with Gasteiger partial charge in [-0.15, -0.1) is 25.3 Å². The normalized spacial score (nSPS) is 13.3. The Bertz CT molecular complexity index is 2370. The topological polar surface area (TPSA) is 205 Å². The maximum absolute atomic E-state index is 13.7. The van der Waals surface area contributed by atoms with Crippen LogP contribution in [0, 0.1) is 29.2 Å². The third-order valence-electron chi connectivity index (χ3n) is 7.70. The van der Waals surface area contributed by atoms with Gasteiger partial charge in [0.2, 0.25) is 17.4 Å². The summed E-state index contributed by atoms with van der Waals surface area (Å²) < 4.78 is 144. The third kappa shape index (κ3) is 9.43. The van der Waals surface area contributed by atoms with E-state index in [4.69, 9.17) is 34.9 Å². The van der Waals surface area contributed by atoms with E-state index in [9.17, 15) is 35.3 Å². The van der Waals surface area contributed by atoms with Gasteiger partial charge in [-0.25, -0.2) is 8.78 Å². The average molecular weight is 778 g/mol. The van der Waals surface area contributed by atoms with Crippen LogP contribution in [0.15, 0.2) is 59.5 Å². The van der Waals surface area contributed by atoms with E-state index < -0.39 is 60.4 Å². The van der Waals surface area contributed by atoms with Crippen LogP contribution in [0.25, 0.3) is 32.3 Å². The van der Waals surface area contributed by atoms with Crippen molar-refractivity contribution in [1.82, 2.24) is 4.90 Å². The van der Waals surface area contributed by atoms with E-state index in [1.165, 1.54) is 6.07 Å². The zero-order chi connectivity index (χ0) is 37.6. The summed E-state index contributed by atoms with van der Waals surface area (Å²) in [5.41, 5.74) is 0. The van der Waals surface area contributed by atoms with Crippen molar-refractivity contribution in [2.45, 2.75) is 17.7 Å². The summed E-state index contributed by atoms with van der Waals surface area (Å²) in [6.45, 7) is 0.334. The number of likely N-dealkylation sites (tertiary alicyclic amines) is 1. The van der Waals surface area contributed by atoms with E-state index in [-0.39, 0.29) is 36.0 Å². The number of piperidine rings is 1. The number of hydrogen-bond donors (Lipinski definition) is 1. The van der Waals surface area contributed by atoms with E-state index in [1.54, 1.807) is 29.2 Å². The maximum atomic E-state index is 13.7. The highest BCUT2D eigenvalue weighted by atomic mass is 32.2. The molecule has 1 fully saturated rings. The predicted octanol–water partition coefficient (Wildman–Crippen LogP) is 4.01. The molecule has 1 amide bonds. The van der Waals surface area contributed by atoms with E-state index in [1.807, 2.05) is 18.2 Å². The average Bonchev–Trinajstić information content (AvgIpc) is 3.06. The van der Waals surface area contributed by atoms with Gasteiger partial charge in [-0.1, -0.05) is 30.3 Å². The molecular weight excluding hydrogens is 755 g/mol. The van der Waals surface area contributed by atoms with Crippen LogP contribution in [0.2, 0.25) is 0 Å². The van der Waals surface area contributed by atoms with Crippen LogP contribution >= 0.6 is 0 Å². The van der Waals surface area contributed by atoms with Crippen molar-refractivity contribution in [3.05, 3.63) is 77.9 Å². The molecule has 1 aliphatic rings. The molecule has 0 atom stereocenters. The number of benzene rings is 5. The Morgan fingerprint density at radius 1 is 0.784 bits per heavy atom. The molecule has 6 rings (SSSR count). The lowest BCUT2D eigenvalue weighted by atomic mass is 9.94. The molecule has 1 heterocycles. The Morgan fingerprint density at radius 3 is 1.82 bits per heavy atom. The number of carbonyl (C=O) groups excluding carboxylic acids is 1. The first-order valence-electron chi connectivity index (χ1n) is 14.2. The number of hydrogen-bond acceptors (Lipinski definition) is 12. The molecule has 51 heavy (non-hydrogen) atoms. The molecule has 0 bridgehead atoms. The Morgan fingerprint density at radius 2 is 1.27 bits per heavy atom. The second-order valence-corrected chi connectivity index (χ2v) is 12.9. The van der Waals surface area contributed by atoms with Crippen LogP contribution in [-0.4, -0.2) is 75.3 Å². The molecule has 1 N–H and O–H groups in total. The summed E-state index contributed by atoms with van der Waals surface area (Å²) in [7, 11) is -10.7. The van der Waals surface area contributed by atoms with Gasteiger partial charge in [0.25, 0.3) is 16.0 Å². The first kappa shape index (κ1) is 38.8. The zero-order valence-electron chi connectivity index (χ0n) is 25.5. The molecule has 5 aromatic rings. The van der Waals surface area contributed by atoms with Gasteiger partial charge in [0.05, 0.1) is 6.61 Å². The number of nitrogens with zero attached hydrogens (tertiary/aromatic N) is 1. The van der Waals surface area contributed by atoms with E-state index >= 15 is 0 Å². The summed E-state index contributed by atoms with van der Waals surface area (Å²) in [4.78, 5) is 23.7. The maximum Gasteiger partial charge on any atom is 0.425 e. The fraction of sp³-hybridized carbons (Fsp3) is 0.233. The molecule has 5 aromatic carbocycles. The molecule has 0 aliphatic carbocycles. The lowest BCUT2D eigenvalue weighted by Gasteiger charge is -2.31. The Hall–Kier alpha value is -4.96. The quantitative estimate of drug-likeness (QED) is 0.0592. The van der Waals surface area contributed by atoms with Gasteiger partial charge in [0.1, 0.15) is 10.6 Å². The predicted molar refractivity (Wildman–Crippen MR) is 167 cm³/mol. The highest BCUT2D eigenvalue weighted by molar-refractivity contribution is 7.86. The van der Waals surface area contributed by atoms with Gasteiger partial charge < -0.3 is 14.5 Å². The summed E-state index contributed by atoms with van der Waals surface area (Å²) in [5, 5.41) is 4.07. The van der Waals surface area contributed by atoms with Crippen molar-refractivity contribution < 1.29 is 75.1 Å². The van der Waals surface area contributed by atoms with Crippen molar-refractivity contribution in [3.8, 4) is 11.5 Å². The summed E-state index contributed by atoms with van der Waals surface area (Å²) in [6, 6.07) is 13.7. The van der Waals surface area contributed by atoms with Crippen LogP contribution < -0.4 is 9.62 Å². The number of ether oxygens (including phenoxy) is 1. The molecule has 0 unspecified atom stereocenters. The molecule has 21 heteroatoms. The largest absolute Gasteiger partial charge is 0.483 e. The lowest BCUT2D eigenvalue weighted by Crippen LogP contribution is -2.41. The highest BCUT2D eigenvalue weighted by Gasteiger charge is 2.26. The van der Waals surface area contributed by atoms with Gasteiger partial charge in [-0.2, -0.15) is 22.1 Å². The fourth-order valence-corrected chi connectivity index (χ4v) is 6.18. The minimum atomic E-state index is -4.45. The standard InChI is InChI=1S/C30H23F4NO7S.2O3S/c31-21-13-22(32)29(34)30(28(21)33)42-41-14-16-9-11-35(12-10-16)25(36)15-40-23-7-3-17-1-2-18-4-8-24(43(37,38)39)20-6-5-19(23)26(17)27(18)20;2*1-4(2)3/h1-8,13,16H,9-12,14-15H2,(H,37,38,39);;. The first-order valence-corrected chi connectivity index (χ1v) is 17.7. The van der Waals surface area contributed by atoms with Crippen molar-refractivity contribution in [3.63, 3.8) is 0 Å². The number of halogens is 4. The minimum absolute atomic E-state index is 0.0698. The molecule has 0 spiro atoms. The van der Waals surface area contributed by atoms with Crippen LogP contribution in [0.1, 0.15) is 12.8 Å². The third-order valence-corrected chi connectivity index (χ3v) is 8.61. The monoisotopic (exact) mass is 777 g/mol. The van der Waals surface area contributed by atoms with Crippen molar-refractivity contribution in [2.75, 3.05) is 26.3 Å². The second kappa shape index (κ2) is 16.4. The van der Waals surface area contributed by atoms with Crippen molar-refractivity contribution >= 4 is 69.6 Å². The van der Waals surface area contributed by atoms with Crippen molar-refractivity contribution in [2.24, 2.45) is 5.92 Å². The molecule has 1 aliphatic heterocycles. The van der Waals surface area contributed by atoms with E-state index in [0.717, 1.165) is 16.2 Å². The van der Waals surface area contributed by atoms with E-state index in [2.05, 4.69) is 4.89 Å². The molecule has 14 nitrogen and oxygen atoms in total. The van der Waals surface area contributed by atoms with Gasteiger partial charge in [0.15, 0.2) is 18.2 Å². The lowest BCUT2D eigenvalue weighted by molar-refractivity contribution is -0.223. The van der Waals surface area contributed by atoms with Crippen LogP contribution in [0.5, 0.6) is 11.5 Å². The van der Waals surface area contributed by atoms with Crippen LogP contribution in [0.4, 0.5) is 17.6 Å². The fourth-order valence-electron chi connectivity index (χ4n) is 5.49. The Labute approximate surface area is 288 Å². The van der Waals surface area contributed by atoms with Crippen LogP contribution in [-0.2, 0) is 41.0 Å². The molecule has 0 aromatic heterocycles. The minimum Gasteiger partial charge on any atom is -0.483 e. The van der Waals surface area contributed by atoms with E-state index in [0.29, 0.717) is 47.8 Å². The SMILES string of the molecule is O=C(COc1ccc2ccc3ccc(S(=O)(=O)O)c4ccc1c2c34)N1CCC(COOc2c(F)c(F)cc(F)c2F)CC1.O=S(=O)=O.O=S(=O)=O. The van der Waals surface area contributed by atoms with Gasteiger partial charge in [-0.3, -0.25) is 9.35 Å². The second-order valence-electron chi connectivity index (χ2n) is 10.7.